The molecule has 1 rings (SSSR count). The lowest BCUT2D eigenvalue weighted by Crippen LogP contribution is -2.45. The highest BCUT2D eigenvalue weighted by Gasteiger charge is 2.21. The third-order valence-electron chi connectivity index (χ3n) is 2.30. The van der Waals surface area contributed by atoms with Crippen molar-refractivity contribution in [2.75, 3.05) is 39.0 Å². The Hall–Kier alpha value is -0.170. The standard InChI is InChI=1S/C8H18N2O3S/c1-3-14(11,12)10(2)7-8-6-9-4-5-13-8/h8-9H,3-7H2,1-2H3. The molecule has 5 nitrogen and oxygen atoms in total. The highest BCUT2D eigenvalue weighted by Crippen LogP contribution is 2.03. The van der Waals surface area contributed by atoms with E-state index >= 15 is 0 Å². The molecule has 0 aromatic carbocycles. The van der Waals surface area contributed by atoms with Crippen molar-refractivity contribution in [2.45, 2.75) is 13.0 Å². The van der Waals surface area contributed by atoms with Gasteiger partial charge >= 0.3 is 0 Å². The van der Waals surface area contributed by atoms with Crippen LogP contribution in [0.15, 0.2) is 0 Å². The fourth-order valence-corrected chi connectivity index (χ4v) is 2.19. The van der Waals surface area contributed by atoms with Gasteiger partial charge in [-0.05, 0) is 6.92 Å². The zero-order valence-electron chi connectivity index (χ0n) is 8.69. The van der Waals surface area contributed by atoms with E-state index in [2.05, 4.69) is 5.32 Å². The van der Waals surface area contributed by atoms with Gasteiger partial charge in [-0.2, -0.15) is 0 Å². The van der Waals surface area contributed by atoms with Crippen molar-refractivity contribution < 1.29 is 13.2 Å². The maximum absolute atomic E-state index is 11.4. The fraction of sp³-hybridized carbons (Fsp3) is 1.00. The monoisotopic (exact) mass is 222 g/mol. The maximum Gasteiger partial charge on any atom is 0.213 e. The minimum Gasteiger partial charge on any atom is -0.374 e. The van der Waals surface area contributed by atoms with E-state index in [1.807, 2.05) is 0 Å². The van der Waals surface area contributed by atoms with Crippen LogP contribution in [0.25, 0.3) is 0 Å². The summed E-state index contributed by atoms with van der Waals surface area (Å²) in [6.07, 6.45) is -0.0184. The Morgan fingerprint density at radius 2 is 2.29 bits per heavy atom. The first-order valence-electron chi connectivity index (χ1n) is 4.82. The Labute approximate surface area is 85.5 Å². The number of hydrogen-bond acceptors (Lipinski definition) is 4. The van der Waals surface area contributed by atoms with Crippen molar-refractivity contribution in [3.63, 3.8) is 0 Å². The molecule has 1 aliphatic heterocycles. The normalized spacial score (nSPS) is 24.1. The average molecular weight is 222 g/mol. The molecule has 1 fully saturated rings. The summed E-state index contributed by atoms with van der Waals surface area (Å²) in [5.41, 5.74) is 0. The zero-order chi connectivity index (χ0) is 10.6. The van der Waals surface area contributed by atoms with Crippen LogP contribution in [0.1, 0.15) is 6.92 Å². The summed E-state index contributed by atoms with van der Waals surface area (Å²) in [6, 6.07) is 0. The smallest absolute Gasteiger partial charge is 0.213 e. The molecule has 0 aliphatic carbocycles. The van der Waals surface area contributed by atoms with Gasteiger partial charge in [-0.15, -0.1) is 0 Å². The van der Waals surface area contributed by atoms with E-state index in [9.17, 15) is 8.42 Å². The van der Waals surface area contributed by atoms with Gasteiger partial charge in [-0.25, -0.2) is 12.7 Å². The van der Waals surface area contributed by atoms with E-state index in [1.165, 1.54) is 4.31 Å². The number of nitrogens with zero attached hydrogens (tertiary/aromatic N) is 1. The first-order valence-corrected chi connectivity index (χ1v) is 6.43. The lowest BCUT2D eigenvalue weighted by molar-refractivity contribution is 0.0206. The van der Waals surface area contributed by atoms with Gasteiger partial charge in [0.1, 0.15) is 0 Å². The van der Waals surface area contributed by atoms with Gasteiger partial charge in [0.05, 0.1) is 18.5 Å². The van der Waals surface area contributed by atoms with E-state index in [0.717, 1.165) is 13.1 Å². The quantitative estimate of drug-likeness (QED) is 0.680. The van der Waals surface area contributed by atoms with E-state index in [-0.39, 0.29) is 11.9 Å². The molecule has 0 aromatic heterocycles. The van der Waals surface area contributed by atoms with Crippen LogP contribution in [0.5, 0.6) is 0 Å². The summed E-state index contributed by atoms with van der Waals surface area (Å²) in [5.74, 6) is 0.143. The Bertz CT molecular complexity index is 260. The molecule has 6 heteroatoms. The molecule has 1 heterocycles. The van der Waals surface area contributed by atoms with E-state index < -0.39 is 10.0 Å². The van der Waals surface area contributed by atoms with E-state index in [1.54, 1.807) is 14.0 Å². The molecule has 1 aliphatic rings. The number of sulfonamides is 1. The Morgan fingerprint density at radius 3 is 2.79 bits per heavy atom. The third-order valence-corrected chi connectivity index (χ3v) is 4.13. The van der Waals surface area contributed by atoms with Gasteiger partial charge in [0.2, 0.25) is 10.0 Å². The van der Waals surface area contributed by atoms with Crippen molar-refractivity contribution >= 4 is 10.0 Å². The molecule has 0 amide bonds. The topological polar surface area (TPSA) is 58.6 Å². The first kappa shape index (κ1) is 11.9. The molecule has 0 spiro atoms. The molecular weight excluding hydrogens is 204 g/mol. The summed E-state index contributed by atoms with van der Waals surface area (Å²) >= 11 is 0. The lowest BCUT2D eigenvalue weighted by Gasteiger charge is -2.27. The van der Waals surface area contributed by atoms with Crippen LogP contribution in [-0.2, 0) is 14.8 Å². The van der Waals surface area contributed by atoms with E-state index in [0.29, 0.717) is 13.2 Å². The van der Waals surface area contributed by atoms with Gasteiger partial charge in [0, 0.05) is 26.7 Å². The summed E-state index contributed by atoms with van der Waals surface area (Å²) in [7, 11) is -1.48. The van der Waals surface area contributed by atoms with Gasteiger partial charge < -0.3 is 10.1 Å². The van der Waals surface area contributed by atoms with Crippen molar-refractivity contribution in [1.29, 1.82) is 0 Å². The predicted octanol–water partition coefficient (Wildman–Crippen LogP) is -0.744. The minimum atomic E-state index is -3.07. The van der Waals surface area contributed by atoms with Crippen LogP contribution >= 0.6 is 0 Å². The Kier molecular flexibility index (Phi) is 4.31. The third kappa shape index (κ3) is 3.20. The second-order valence-electron chi connectivity index (χ2n) is 3.38. The second-order valence-corrected chi connectivity index (χ2v) is 5.74. The van der Waals surface area contributed by atoms with Crippen LogP contribution < -0.4 is 5.32 Å². The summed E-state index contributed by atoms with van der Waals surface area (Å²) in [4.78, 5) is 0. The van der Waals surface area contributed by atoms with Crippen LogP contribution in [0.4, 0.5) is 0 Å². The average Bonchev–Trinajstić information content (AvgIpc) is 2.19. The molecule has 0 saturated carbocycles. The zero-order valence-corrected chi connectivity index (χ0v) is 9.51. The van der Waals surface area contributed by atoms with Gasteiger partial charge in [-0.1, -0.05) is 0 Å². The lowest BCUT2D eigenvalue weighted by atomic mass is 10.3. The molecule has 1 N–H and O–H groups in total. The Balaban J connectivity index is 2.43. The molecule has 1 atom stereocenters. The predicted molar refractivity (Wildman–Crippen MR) is 54.7 cm³/mol. The molecule has 1 unspecified atom stereocenters. The number of nitrogens with one attached hydrogen (secondary N) is 1. The van der Waals surface area contributed by atoms with E-state index in [4.69, 9.17) is 4.74 Å². The van der Waals surface area contributed by atoms with Gasteiger partial charge in [-0.3, -0.25) is 0 Å². The molecule has 14 heavy (non-hydrogen) atoms. The molecule has 0 aromatic rings. The molecular formula is C8H18N2O3S. The number of likely N-dealkylation sites (N-methyl/N-ethyl adjacent to an activating group) is 1. The summed E-state index contributed by atoms with van der Waals surface area (Å²) < 4.78 is 29.6. The number of rotatable bonds is 4. The maximum atomic E-state index is 11.4. The van der Waals surface area contributed by atoms with Crippen LogP contribution in [-0.4, -0.2) is 57.9 Å². The van der Waals surface area contributed by atoms with Crippen molar-refractivity contribution in [3.05, 3.63) is 0 Å². The second kappa shape index (κ2) is 5.06. The Morgan fingerprint density at radius 1 is 1.57 bits per heavy atom. The van der Waals surface area contributed by atoms with Crippen LogP contribution in [0.2, 0.25) is 0 Å². The molecule has 84 valence electrons. The number of ether oxygens (including phenoxy) is 1. The number of morpholine rings is 1. The van der Waals surface area contributed by atoms with Crippen LogP contribution in [0, 0.1) is 0 Å². The highest BCUT2D eigenvalue weighted by molar-refractivity contribution is 7.89. The van der Waals surface area contributed by atoms with Crippen molar-refractivity contribution in [1.82, 2.24) is 9.62 Å². The summed E-state index contributed by atoms with van der Waals surface area (Å²) in [5, 5.41) is 3.16. The largest absolute Gasteiger partial charge is 0.374 e. The van der Waals surface area contributed by atoms with Crippen molar-refractivity contribution in [3.8, 4) is 0 Å². The first-order chi connectivity index (χ1) is 6.56. The van der Waals surface area contributed by atoms with Gasteiger partial charge in [0.15, 0.2) is 0 Å². The summed E-state index contributed by atoms with van der Waals surface area (Å²) in [6.45, 7) is 4.31. The molecule has 0 bridgehead atoms. The highest BCUT2D eigenvalue weighted by atomic mass is 32.2. The van der Waals surface area contributed by atoms with Gasteiger partial charge in [0.25, 0.3) is 0 Å². The molecule has 1 saturated heterocycles. The SMILES string of the molecule is CCS(=O)(=O)N(C)CC1CNCCO1. The van der Waals surface area contributed by atoms with Crippen molar-refractivity contribution in [2.24, 2.45) is 0 Å². The molecule has 0 radical (unpaired) electrons. The fourth-order valence-electron chi connectivity index (χ4n) is 1.36. The minimum absolute atomic E-state index is 0.0184. The number of hydrogen-bond donors (Lipinski definition) is 1. The van der Waals surface area contributed by atoms with Crippen LogP contribution in [0.3, 0.4) is 0 Å².